The third kappa shape index (κ3) is 7.79. The minimum atomic E-state index is -4.19. The van der Waals surface area contributed by atoms with Gasteiger partial charge < -0.3 is 19.7 Å². The standard InChI is InChI=1S/C31H39N3O6S/c1-7-17-32-31(36)24(4)33(20-25-10-8-9-23(3)18-25)30(35)21-34(26-13-16-28(39-5)29(19-26)40-6)41(37,38)27-14-11-22(2)12-15-27/h8-16,18-19,24H,7,17,20-21H2,1-6H3,(H,32,36)/t24-/m0/s1. The zero-order chi connectivity index (χ0) is 30.2. The molecule has 0 aromatic heterocycles. The Kier molecular flexibility index (Phi) is 10.8. The van der Waals surface area contributed by atoms with Crippen LogP contribution in [-0.2, 0) is 26.2 Å². The number of rotatable bonds is 13. The summed E-state index contributed by atoms with van der Waals surface area (Å²) in [7, 11) is -1.26. The second-order valence-electron chi connectivity index (χ2n) is 9.84. The summed E-state index contributed by atoms with van der Waals surface area (Å²) in [4.78, 5) is 28.5. The van der Waals surface area contributed by atoms with E-state index in [2.05, 4.69) is 5.32 Å². The smallest absolute Gasteiger partial charge is 0.264 e. The van der Waals surface area contributed by atoms with E-state index in [4.69, 9.17) is 9.47 Å². The van der Waals surface area contributed by atoms with Crippen LogP contribution in [0.3, 0.4) is 0 Å². The molecule has 0 heterocycles. The summed E-state index contributed by atoms with van der Waals surface area (Å²) in [5.74, 6) is -0.119. The lowest BCUT2D eigenvalue weighted by Gasteiger charge is -2.32. The van der Waals surface area contributed by atoms with Crippen LogP contribution in [0.5, 0.6) is 11.5 Å². The molecular weight excluding hydrogens is 542 g/mol. The highest BCUT2D eigenvalue weighted by Crippen LogP contribution is 2.34. The highest BCUT2D eigenvalue weighted by molar-refractivity contribution is 7.92. The van der Waals surface area contributed by atoms with Gasteiger partial charge in [0.2, 0.25) is 11.8 Å². The summed E-state index contributed by atoms with van der Waals surface area (Å²) in [6.45, 7) is 7.45. The van der Waals surface area contributed by atoms with Gasteiger partial charge in [0.1, 0.15) is 12.6 Å². The molecule has 9 nitrogen and oxygen atoms in total. The fourth-order valence-electron chi connectivity index (χ4n) is 4.33. The number of hydrogen-bond donors (Lipinski definition) is 1. The van der Waals surface area contributed by atoms with Gasteiger partial charge in [-0.1, -0.05) is 54.4 Å². The molecule has 3 rings (SSSR count). The molecule has 3 aromatic carbocycles. The maximum Gasteiger partial charge on any atom is 0.264 e. The predicted molar refractivity (Wildman–Crippen MR) is 160 cm³/mol. The van der Waals surface area contributed by atoms with Crippen molar-refractivity contribution in [3.05, 3.63) is 83.4 Å². The van der Waals surface area contributed by atoms with E-state index in [1.54, 1.807) is 31.2 Å². The zero-order valence-electron chi connectivity index (χ0n) is 24.5. The number of nitrogens with zero attached hydrogens (tertiary/aromatic N) is 2. The molecular formula is C31H39N3O6S. The number of sulfonamides is 1. The van der Waals surface area contributed by atoms with Crippen molar-refractivity contribution in [1.82, 2.24) is 10.2 Å². The Labute approximate surface area is 243 Å². The van der Waals surface area contributed by atoms with Crippen LogP contribution in [0, 0.1) is 13.8 Å². The van der Waals surface area contributed by atoms with Gasteiger partial charge in [-0.2, -0.15) is 0 Å². The van der Waals surface area contributed by atoms with Crippen molar-refractivity contribution in [1.29, 1.82) is 0 Å². The maximum absolute atomic E-state index is 14.0. The van der Waals surface area contributed by atoms with E-state index < -0.39 is 28.5 Å². The summed E-state index contributed by atoms with van der Waals surface area (Å²) in [5.41, 5.74) is 2.95. The van der Waals surface area contributed by atoms with Gasteiger partial charge in [-0.05, 0) is 57.0 Å². The monoisotopic (exact) mass is 581 g/mol. The van der Waals surface area contributed by atoms with Crippen LogP contribution in [-0.4, -0.2) is 58.5 Å². The average molecular weight is 582 g/mol. The van der Waals surface area contributed by atoms with E-state index >= 15 is 0 Å². The molecule has 0 radical (unpaired) electrons. The predicted octanol–water partition coefficient (Wildman–Crippen LogP) is 4.46. The van der Waals surface area contributed by atoms with Gasteiger partial charge in [0, 0.05) is 19.2 Å². The average Bonchev–Trinajstić information content (AvgIpc) is 2.96. The molecule has 0 saturated heterocycles. The van der Waals surface area contributed by atoms with E-state index in [1.807, 2.05) is 45.0 Å². The fourth-order valence-corrected chi connectivity index (χ4v) is 5.74. The van der Waals surface area contributed by atoms with Crippen molar-refractivity contribution >= 4 is 27.5 Å². The van der Waals surface area contributed by atoms with Crippen LogP contribution in [0.2, 0.25) is 0 Å². The van der Waals surface area contributed by atoms with Gasteiger partial charge in [0.15, 0.2) is 11.5 Å². The Hall–Kier alpha value is -4.05. The lowest BCUT2D eigenvalue weighted by Crippen LogP contribution is -2.51. The number of carbonyl (C=O) groups is 2. The Morgan fingerprint density at radius 1 is 0.902 bits per heavy atom. The van der Waals surface area contributed by atoms with Gasteiger partial charge in [0.25, 0.3) is 10.0 Å². The highest BCUT2D eigenvalue weighted by Gasteiger charge is 2.33. The Morgan fingerprint density at radius 3 is 2.20 bits per heavy atom. The first-order chi connectivity index (χ1) is 19.5. The largest absolute Gasteiger partial charge is 0.493 e. The van der Waals surface area contributed by atoms with Gasteiger partial charge in [-0.25, -0.2) is 8.42 Å². The molecule has 1 atom stereocenters. The summed E-state index contributed by atoms with van der Waals surface area (Å²) >= 11 is 0. The lowest BCUT2D eigenvalue weighted by molar-refractivity contribution is -0.139. The Balaban J connectivity index is 2.08. The summed E-state index contributed by atoms with van der Waals surface area (Å²) in [6, 6.07) is 17.9. The molecule has 41 heavy (non-hydrogen) atoms. The second-order valence-corrected chi connectivity index (χ2v) is 11.7. The third-order valence-corrected chi connectivity index (χ3v) is 8.48. The Morgan fingerprint density at radius 2 is 1.59 bits per heavy atom. The number of benzene rings is 3. The Bertz CT molecular complexity index is 1460. The van der Waals surface area contributed by atoms with Gasteiger partial charge >= 0.3 is 0 Å². The highest BCUT2D eigenvalue weighted by atomic mass is 32.2. The van der Waals surface area contributed by atoms with Crippen LogP contribution in [0.1, 0.15) is 37.0 Å². The van der Waals surface area contributed by atoms with Crippen molar-refractivity contribution in [2.45, 2.75) is 51.6 Å². The van der Waals surface area contributed by atoms with Crippen molar-refractivity contribution in [3.63, 3.8) is 0 Å². The first-order valence-electron chi connectivity index (χ1n) is 13.5. The van der Waals surface area contributed by atoms with E-state index in [1.165, 1.54) is 37.3 Å². The SMILES string of the molecule is CCCNC(=O)[C@H](C)N(Cc1cccc(C)c1)C(=O)CN(c1ccc(OC)c(OC)c1)S(=O)(=O)c1ccc(C)cc1. The molecule has 0 aliphatic carbocycles. The van der Waals surface area contributed by atoms with Crippen LogP contribution in [0.25, 0.3) is 0 Å². The first kappa shape index (κ1) is 31.5. The van der Waals surface area contributed by atoms with Crippen molar-refractivity contribution in [2.75, 3.05) is 31.6 Å². The second kappa shape index (κ2) is 14.0. The fraction of sp³-hybridized carbons (Fsp3) is 0.355. The zero-order valence-corrected chi connectivity index (χ0v) is 25.3. The van der Waals surface area contributed by atoms with Gasteiger partial charge in [-0.3, -0.25) is 13.9 Å². The van der Waals surface area contributed by atoms with E-state index in [0.717, 1.165) is 27.4 Å². The molecule has 0 saturated carbocycles. The molecule has 10 heteroatoms. The third-order valence-electron chi connectivity index (χ3n) is 6.69. The first-order valence-corrected chi connectivity index (χ1v) is 14.9. The van der Waals surface area contributed by atoms with Crippen molar-refractivity contribution in [3.8, 4) is 11.5 Å². The molecule has 0 spiro atoms. The van der Waals surface area contributed by atoms with Crippen LogP contribution >= 0.6 is 0 Å². The molecule has 3 aromatic rings. The van der Waals surface area contributed by atoms with E-state index in [9.17, 15) is 18.0 Å². The molecule has 1 N–H and O–H groups in total. The molecule has 220 valence electrons. The quantitative estimate of drug-likeness (QED) is 0.320. The molecule has 0 bridgehead atoms. The normalized spacial score (nSPS) is 11.9. The van der Waals surface area contributed by atoms with Gasteiger partial charge in [0.05, 0.1) is 24.8 Å². The summed E-state index contributed by atoms with van der Waals surface area (Å²) in [5, 5.41) is 2.84. The van der Waals surface area contributed by atoms with Crippen molar-refractivity contribution < 1.29 is 27.5 Å². The van der Waals surface area contributed by atoms with Crippen LogP contribution in [0.15, 0.2) is 71.6 Å². The summed E-state index contributed by atoms with van der Waals surface area (Å²) in [6.07, 6.45) is 0.742. The lowest BCUT2D eigenvalue weighted by atomic mass is 10.1. The number of nitrogens with one attached hydrogen (secondary N) is 1. The van der Waals surface area contributed by atoms with E-state index in [-0.39, 0.29) is 23.0 Å². The topological polar surface area (TPSA) is 105 Å². The number of amides is 2. The van der Waals surface area contributed by atoms with Gasteiger partial charge in [-0.15, -0.1) is 0 Å². The van der Waals surface area contributed by atoms with Crippen LogP contribution < -0.4 is 19.1 Å². The minimum Gasteiger partial charge on any atom is -0.493 e. The number of ether oxygens (including phenoxy) is 2. The molecule has 2 amide bonds. The minimum absolute atomic E-state index is 0.0321. The molecule has 0 unspecified atom stereocenters. The van der Waals surface area contributed by atoms with E-state index in [0.29, 0.717) is 18.0 Å². The number of carbonyl (C=O) groups excluding carboxylic acids is 2. The molecule has 0 aliphatic rings. The van der Waals surface area contributed by atoms with Crippen molar-refractivity contribution in [2.24, 2.45) is 0 Å². The van der Waals surface area contributed by atoms with Crippen LogP contribution in [0.4, 0.5) is 5.69 Å². The number of anilines is 1. The molecule has 0 fully saturated rings. The number of hydrogen-bond acceptors (Lipinski definition) is 6. The number of aryl methyl sites for hydroxylation is 2. The number of methoxy groups -OCH3 is 2. The summed E-state index contributed by atoms with van der Waals surface area (Å²) < 4.78 is 39.8. The molecule has 0 aliphatic heterocycles. The maximum atomic E-state index is 14.0.